The third-order valence-corrected chi connectivity index (χ3v) is 7.01. The number of allylic oxidation sites excluding steroid dienone is 1. The van der Waals surface area contributed by atoms with Crippen LogP contribution in [0.15, 0.2) is 59.5 Å². The van der Waals surface area contributed by atoms with E-state index < -0.39 is 0 Å². The van der Waals surface area contributed by atoms with Gasteiger partial charge in [-0.3, -0.25) is 4.98 Å². The predicted molar refractivity (Wildman–Crippen MR) is 126 cm³/mol. The van der Waals surface area contributed by atoms with E-state index in [0.29, 0.717) is 18.4 Å². The fourth-order valence-electron chi connectivity index (χ4n) is 5.43. The molecule has 2 aromatic heterocycles. The average molecular weight is 462 g/mol. The maximum atomic E-state index is 13.5. The molecule has 34 heavy (non-hydrogen) atoms. The molecule has 1 amide bonds. The van der Waals surface area contributed by atoms with Gasteiger partial charge in [-0.25, -0.2) is 9.18 Å². The van der Waals surface area contributed by atoms with Crippen molar-refractivity contribution < 1.29 is 18.4 Å². The van der Waals surface area contributed by atoms with Gasteiger partial charge in [-0.1, -0.05) is 29.4 Å². The van der Waals surface area contributed by atoms with Crippen molar-refractivity contribution in [2.24, 2.45) is 11.8 Å². The molecule has 4 atom stereocenters. The first-order chi connectivity index (χ1) is 16.6. The van der Waals surface area contributed by atoms with Gasteiger partial charge in [0.1, 0.15) is 12.1 Å². The second-order valence-electron chi connectivity index (χ2n) is 9.09. The number of rotatable bonds is 5. The summed E-state index contributed by atoms with van der Waals surface area (Å²) in [6.45, 7) is 2.18. The SMILES string of the molecule is CCOC(=O)N[C@@H]1CC[C@@H]2[C@H](Cc3nocc3[C@H]2C=Cc2ccc(-c3cccc(F)c3)cn2)C1. The van der Waals surface area contributed by atoms with E-state index >= 15 is 0 Å². The lowest BCUT2D eigenvalue weighted by molar-refractivity contribution is 0.129. The summed E-state index contributed by atoms with van der Waals surface area (Å²) in [5.74, 6) is 0.796. The lowest BCUT2D eigenvalue weighted by atomic mass is 9.64. The molecule has 0 saturated heterocycles. The van der Waals surface area contributed by atoms with Crippen molar-refractivity contribution in [3.8, 4) is 11.1 Å². The first kappa shape index (κ1) is 22.3. The molecule has 0 unspecified atom stereocenters. The van der Waals surface area contributed by atoms with Crippen LogP contribution in [0.3, 0.4) is 0 Å². The van der Waals surface area contributed by atoms with E-state index in [1.807, 2.05) is 31.2 Å². The zero-order valence-electron chi connectivity index (χ0n) is 19.1. The van der Waals surface area contributed by atoms with Crippen LogP contribution in [0.25, 0.3) is 17.2 Å². The maximum Gasteiger partial charge on any atom is 0.407 e. The molecule has 2 heterocycles. The number of ether oxygens (including phenoxy) is 1. The number of benzene rings is 1. The summed E-state index contributed by atoms with van der Waals surface area (Å²) in [4.78, 5) is 16.5. The zero-order chi connectivity index (χ0) is 23.5. The Kier molecular flexibility index (Phi) is 6.43. The van der Waals surface area contributed by atoms with Crippen LogP contribution in [0.5, 0.6) is 0 Å². The molecule has 0 aliphatic heterocycles. The second kappa shape index (κ2) is 9.79. The van der Waals surface area contributed by atoms with Gasteiger partial charge in [0.2, 0.25) is 0 Å². The van der Waals surface area contributed by atoms with Gasteiger partial charge in [-0.05, 0) is 74.3 Å². The number of nitrogens with one attached hydrogen (secondary N) is 1. The Bertz CT molecular complexity index is 1170. The number of fused-ring (bicyclic) bond motifs is 2. The van der Waals surface area contributed by atoms with Crippen LogP contribution in [0.1, 0.15) is 49.1 Å². The molecular weight excluding hydrogens is 433 g/mol. The largest absolute Gasteiger partial charge is 0.450 e. The minimum atomic E-state index is -0.340. The topological polar surface area (TPSA) is 77.2 Å². The van der Waals surface area contributed by atoms with Gasteiger partial charge in [0.05, 0.1) is 18.0 Å². The number of amides is 1. The minimum absolute atomic E-state index is 0.121. The standard InChI is InChI=1S/C27H28FN3O3/c1-2-33-27(32)30-22-9-10-23-19(13-22)14-26-25(16-34-31-26)24(23)11-8-21-7-6-18(15-29-21)17-4-3-5-20(28)12-17/h3-8,11-12,15-16,19,22-24H,2,9-10,13-14H2,1H3,(H,30,32)/t19-,22+,23+,24-/m0/s1. The summed E-state index contributed by atoms with van der Waals surface area (Å²) in [5, 5.41) is 7.26. The molecule has 0 spiro atoms. The minimum Gasteiger partial charge on any atom is -0.450 e. The fraction of sp³-hybridized carbons (Fsp3) is 0.370. The molecule has 176 valence electrons. The number of pyridine rings is 1. The summed E-state index contributed by atoms with van der Waals surface area (Å²) < 4.78 is 23.9. The normalized spacial score (nSPS) is 23.8. The third-order valence-electron chi connectivity index (χ3n) is 7.01. The fourth-order valence-corrected chi connectivity index (χ4v) is 5.43. The van der Waals surface area contributed by atoms with E-state index in [9.17, 15) is 9.18 Å². The van der Waals surface area contributed by atoms with E-state index in [4.69, 9.17) is 9.26 Å². The van der Waals surface area contributed by atoms with Crippen LogP contribution >= 0.6 is 0 Å². The van der Waals surface area contributed by atoms with Crippen LogP contribution in [-0.4, -0.2) is 28.9 Å². The molecule has 0 bridgehead atoms. The van der Waals surface area contributed by atoms with Crippen LogP contribution in [-0.2, 0) is 11.2 Å². The molecule has 5 rings (SSSR count). The molecule has 7 heteroatoms. The molecule has 3 aromatic rings. The summed E-state index contributed by atoms with van der Waals surface area (Å²) in [5.41, 5.74) is 4.68. The van der Waals surface area contributed by atoms with Gasteiger partial charge >= 0.3 is 6.09 Å². The molecule has 0 radical (unpaired) electrons. The van der Waals surface area contributed by atoms with Gasteiger partial charge in [0.25, 0.3) is 0 Å². The molecule has 1 aromatic carbocycles. The van der Waals surface area contributed by atoms with E-state index in [1.54, 1.807) is 18.5 Å². The molecular formula is C27H28FN3O3. The number of alkyl carbamates (subject to hydrolysis) is 1. The van der Waals surface area contributed by atoms with Gasteiger partial charge < -0.3 is 14.6 Å². The Balaban J connectivity index is 1.32. The van der Waals surface area contributed by atoms with Crippen LogP contribution in [0.4, 0.5) is 9.18 Å². The number of carbonyl (C=O) groups is 1. The number of halogens is 1. The average Bonchev–Trinajstić information content (AvgIpc) is 3.30. The quantitative estimate of drug-likeness (QED) is 0.523. The summed E-state index contributed by atoms with van der Waals surface area (Å²) in [7, 11) is 0. The van der Waals surface area contributed by atoms with Crippen molar-refractivity contribution in [3.05, 3.63) is 77.7 Å². The summed E-state index contributed by atoms with van der Waals surface area (Å²) in [6, 6.07) is 10.5. The van der Waals surface area contributed by atoms with E-state index in [-0.39, 0.29) is 23.9 Å². The zero-order valence-corrected chi connectivity index (χ0v) is 19.1. The number of carbonyl (C=O) groups excluding carboxylic acids is 1. The third kappa shape index (κ3) is 4.74. The van der Waals surface area contributed by atoms with Crippen molar-refractivity contribution in [1.82, 2.24) is 15.5 Å². The molecule has 1 fully saturated rings. The smallest absolute Gasteiger partial charge is 0.407 e. The van der Waals surface area contributed by atoms with Crippen LogP contribution < -0.4 is 5.32 Å². The van der Waals surface area contributed by atoms with Crippen molar-refractivity contribution in [2.75, 3.05) is 6.61 Å². The highest BCUT2D eigenvalue weighted by molar-refractivity contribution is 5.67. The Morgan fingerprint density at radius 2 is 2.18 bits per heavy atom. The predicted octanol–water partition coefficient (Wildman–Crippen LogP) is 5.76. The Hall–Kier alpha value is -3.48. The lowest BCUT2D eigenvalue weighted by Gasteiger charge is -2.42. The number of hydrogen-bond donors (Lipinski definition) is 1. The maximum absolute atomic E-state index is 13.5. The Morgan fingerprint density at radius 3 is 2.97 bits per heavy atom. The molecule has 1 N–H and O–H groups in total. The van der Waals surface area contributed by atoms with Crippen molar-refractivity contribution >= 4 is 12.2 Å². The lowest BCUT2D eigenvalue weighted by Crippen LogP contribution is -2.44. The highest BCUT2D eigenvalue weighted by Gasteiger charge is 2.41. The Morgan fingerprint density at radius 1 is 1.26 bits per heavy atom. The summed E-state index contributed by atoms with van der Waals surface area (Å²) >= 11 is 0. The van der Waals surface area contributed by atoms with Gasteiger partial charge in [-0.15, -0.1) is 0 Å². The number of aromatic nitrogens is 2. The highest BCUT2D eigenvalue weighted by atomic mass is 19.1. The van der Waals surface area contributed by atoms with Crippen molar-refractivity contribution in [1.29, 1.82) is 0 Å². The van der Waals surface area contributed by atoms with Crippen molar-refractivity contribution in [2.45, 2.75) is 44.6 Å². The van der Waals surface area contributed by atoms with Gasteiger partial charge in [0.15, 0.2) is 0 Å². The number of hydrogen-bond acceptors (Lipinski definition) is 5. The molecule has 6 nitrogen and oxygen atoms in total. The van der Waals surface area contributed by atoms with E-state index in [1.165, 1.54) is 12.1 Å². The van der Waals surface area contributed by atoms with E-state index in [2.05, 4.69) is 21.5 Å². The van der Waals surface area contributed by atoms with Crippen molar-refractivity contribution in [3.63, 3.8) is 0 Å². The summed E-state index contributed by atoms with van der Waals surface area (Å²) in [6.07, 6.45) is 11.1. The van der Waals surface area contributed by atoms with Gasteiger partial charge in [-0.2, -0.15) is 0 Å². The molecule has 2 aliphatic carbocycles. The van der Waals surface area contributed by atoms with Crippen LogP contribution in [0.2, 0.25) is 0 Å². The van der Waals surface area contributed by atoms with E-state index in [0.717, 1.165) is 53.8 Å². The van der Waals surface area contributed by atoms with Crippen LogP contribution in [0, 0.1) is 17.7 Å². The monoisotopic (exact) mass is 461 g/mol. The van der Waals surface area contributed by atoms with Gasteiger partial charge in [0, 0.05) is 29.3 Å². The molecule has 1 saturated carbocycles. The molecule has 2 aliphatic rings. The second-order valence-corrected chi connectivity index (χ2v) is 9.09. The first-order valence-corrected chi connectivity index (χ1v) is 11.9. The highest BCUT2D eigenvalue weighted by Crippen LogP contribution is 2.47. The Labute approximate surface area is 198 Å². The first-order valence-electron chi connectivity index (χ1n) is 11.9. The number of nitrogens with zero attached hydrogens (tertiary/aromatic N) is 2.